The van der Waals surface area contributed by atoms with Crippen LogP contribution in [0, 0.1) is 5.82 Å². The smallest absolute Gasteiger partial charge is 0.226 e. The summed E-state index contributed by atoms with van der Waals surface area (Å²) in [6, 6.07) is 14.5. The summed E-state index contributed by atoms with van der Waals surface area (Å²) >= 11 is 3.38. The van der Waals surface area contributed by atoms with E-state index in [9.17, 15) is 9.18 Å². The minimum atomic E-state index is -0.389. The molecule has 2 N–H and O–H groups in total. The standard InChI is InChI=1S/C18H13BrFN3O/c19-11-6-7-14(20)12(8-11)13-9-15(24)21-18-16(13)17(22-23-18)10-4-2-1-3-5-10/h1-8,13H,9H2,(H2,21,22,23,24). The molecule has 1 aliphatic rings. The van der Waals surface area contributed by atoms with Crippen molar-refractivity contribution in [3.05, 3.63) is 69.9 Å². The first-order chi connectivity index (χ1) is 11.6. The molecule has 4 rings (SSSR count). The lowest BCUT2D eigenvalue weighted by molar-refractivity contribution is -0.116. The summed E-state index contributed by atoms with van der Waals surface area (Å²) in [5.41, 5.74) is 3.05. The summed E-state index contributed by atoms with van der Waals surface area (Å²) in [6.45, 7) is 0. The third kappa shape index (κ3) is 2.53. The van der Waals surface area contributed by atoms with Crippen LogP contribution in [0.3, 0.4) is 0 Å². The van der Waals surface area contributed by atoms with Crippen molar-refractivity contribution < 1.29 is 9.18 Å². The molecule has 2 heterocycles. The first kappa shape index (κ1) is 15.1. The average Bonchev–Trinajstić information content (AvgIpc) is 3.01. The van der Waals surface area contributed by atoms with Crippen molar-refractivity contribution in [3.63, 3.8) is 0 Å². The van der Waals surface area contributed by atoms with E-state index in [4.69, 9.17) is 0 Å². The predicted molar refractivity (Wildman–Crippen MR) is 93.2 cm³/mol. The molecule has 1 aromatic heterocycles. The van der Waals surface area contributed by atoms with E-state index in [1.54, 1.807) is 12.1 Å². The van der Waals surface area contributed by atoms with Crippen LogP contribution in [0.4, 0.5) is 10.2 Å². The zero-order valence-electron chi connectivity index (χ0n) is 12.5. The lowest BCUT2D eigenvalue weighted by atomic mass is 9.84. The van der Waals surface area contributed by atoms with Crippen LogP contribution in [-0.4, -0.2) is 16.1 Å². The van der Waals surface area contributed by atoms with Gasteiger partial charge in [0.25, 0.3) is 0 Å². The first-order valence-electron chi connectivity index (χ1n) is 7.52. The molecular weight excluding hydrogens is 373 g/mol. The van der Waals surface area contributed by atoms with E-state index in [-0.39, 0.29) is 24.1 Å². The summed E-state index contributed by atoms with van der Waals surface area (Å²) in [6.07, 6.45) is 0.180. The number of rotatable bonds is 2. The highest BCUT2D eigenvalue weighted by molar-refractivity contribution is 9.10. The number of amides is 1. The van der Waals surface area contributed by atoms with Crippen LogP contribution in [-0.2, 0) is 4.79 Å². The minimum absolute atomic E-state index is 0.169. The maximum Gasteiger partial charge on any atom is 0.226 e. The number of benzene rings is 2. The molecule has 0 radical (unpaired) electrons. The van der Waals surface area contributed by atoms with Gasteiger partial charge in [0, 0.05) is 22.4 Å². The fourth-order valence-electron chi connectivity index (χ4n) is 3.13. The van der Waals surface area contributed by atoms with Gasteiger partial charge in [-0.2, -0.15) is 5.10 Å². The number of nitrogens with one attached hydrogen (secondary N) is 2. The van der Waals surface area contributed by atoms with Gasteiger partial charge in [0.15, 0.2) is 5.82 Å². The first-order valence-corrected chi connectivity index (χ1v) is 8.31. The van der Waals surface area contributed by atoms with Crippen molar-refractivity contribution in [2.24, 2.45) is 0 Å². The molecule has 4 nitrogen and oxygen atoms in total. The summed E-state index contributed by atoms with van der Waals surface area (Å²) in [5.74, 6) is -0.420. The molecule has 1 atom stereocenters. The van der Waals surface area contributed by atoms with Gasteiger partial charge in [-0.15, -0.1) is 0 Å². The Hall–Kier alpha value is -2.47. The molecule has 120 valence electrons. The summed E-state index contributed by atoms with van der Waals surface area (Å²) in [7, 11) is 0. The number of H-pyrrole nitrogens is 1. The van der Waals surface area contributed by atoms with Gasteiger partial charge in [0.05, 0.1) is 5.69 Å². The normalized spacial score (nSPS) is 16.6. The number of nitrogens with zero attached hydrogens (tertiary/aromatic N) is 1. The topological polar surface area (TPSA) is 57.8 Å². The Bertz CT molecular complexity index is 923. The minimum Gasteiger partial charge on any atom is -0.309 e. The fourth-order valence-corrected chi connectivity index (χ4v) is 3.51. The number of hydrogen-bond acceptors (Lipinski definition) is 2. The predicted octanol–water partition coefficient (Wildman–Crippen LogP) is 4.45. The second kappa shape index (κ2) is 5.87. The van der Waals surface area contributed by atoms with Gasteiger partial charge < -0.3 is 5.32 Å². The van der Waals surface area contributed by atoms with Crippen molar-refractivity contribution in [1.82, 2.24) is 10.2 Å². The number of carbonyl (C=O) groups excluding carboxylic acids is 1. The molecule has 0 saturated carbocycles. The Morgan fingerprint density at radius 2 is 1.96 bits per heavy atom. The highest BCUT2D eigenvalue weighted by Crippen LogP contribution is 2.42. The van der Waals surface area contributed by atoms with Gasteiger partial charge in [0.1, 0.15) is 5.82 Å². The van der Waals surface area contributed by atoms with Crippen LogP contribution in [0.5, 0.6) is 0 Å². The molecule has 3 aromatic rings. The van der Waals surface area contributed by atoms with E-state index >= 15 is 0 Å². The van der Waals surface area contributed by atoms with Crippen LogP contribution >= 0.6 is 15.9 Å². The number of aromatic amines is 1. The highest BCUT2D eigenvalue weighted by atomic mass is 79.9. The molecule has 1 aliphatic heterocycles. The molecule has 0 spiro atoms. The van der Waals surface area contributed by atoms with Gasteiger partial charge in [0.2, 0.25) is 5.91 Å². The van der Waals surface area contributed by atoms with Crippen LogP contribution in [0.1, 0.15) is 23.5 Å². The highest BCUT2D eigenvalue weighted by Gasteiger charge is 2.33. The average molecular weight is 386 g/mol. The number of hydrogen-bond donors (Lipinski definition) is 2. The van der Waals surface area contributed by atoms with E-state index < -0.39 is 0 Å². The monoisotopic (exact) mass is 385 g/mol. The Kier molecular flexibility index (Phi) is 3.69. The maximum absolute atomic E-state index is 14.4. The van der Waals surface area contributed by atoms with Crippen molar-refractivity contribution in [1.29, 1.82) is 0 Å². The summed E-state index contributed by atoms with van der Waals surface area (Å²) in [5, 5.41) is 9.98. The van der Waals surface area contributed by atoms with Crippen LogP contribution < -0.4 is 5.32 Å². The maximum atomic E-state index is 14.4. The molecule has 0 bridgehead atoms. The zero-order valence-corrected chi connectivity index (χ0v) is 14.1. The summed E-state index contributed by atoms with van der Waals surface area (Å²) in [4.78, 5) is 12.1. The van der Waals surface area contributed by atoms with E-state index in [1.807, 2.05) is 30.3 Å². The zero-order chi connectivity index (χ0) is 16.7. The fraction of sp³-hybridized carbons (Fsp3) is 0.111. The van der Waals surface area contributed by atoms with E-state index in [0.29, 0.717) is 11.4 Å². The second-order valence-corrected chi connectivity index (χ2v) is 6.61. The van der Waals surface area contributed by atoms with E-state index in [1.165, 1.54) is 6.07 Å². The SMILES string of the molecule is O=C1CC(c2cc(Br)ccc2F)c2c(n[nH]c2-c2ccccc2)N1. The van der Waals surface area contributed by atoms with Gasteiger partial charge >= 0.3 is 0 Å². The van der Waals surface area contributed by atoms with Crippen LogP contribution in [0.25, 0.3) is 11.3 Å². The van der Waals surface area contributed by atoms with Gasteiger partial charge in [-0.3, -0.25) is 9.89 Å². The van der Waals surface area contributed by atoms with Gasteiger partial charge in [-0.05, 0) is 29.3 Å². The van der Waals surface area contributed by atoms with Crippen molar-refractivity contribution >= 4 is 27.7 Å². The number of carbonyl (C=O) groups is 1. The Morgan fingerprint density at radius 3 is 2.75 bits per heavy atom. The number of anilines is 1. The molecular formula is C18H13BrFN3O. The largest absolute Gasteiger partial charge is 0.309 e. The molecule has 1 unspecified atom stereocenters. The van der Waals surface area contributed by atoms with Crippen molar-refractivity contribution in [3.8, 4) is 11.3 Å². The van der Waals surface area contributed by atoms with Crippen molar-refractivity contribution in [2.45, 2.75) is 12.3 Å². The molecule has 0 aliphatic carbocycles. The molecule has 1 amide bonds. The Labute approximate surface area is 146 Å². The number of halogens is 2. The van der Waals surface area contributed by atoms with Crippen LogP contribution in [0.15, 0.2) is 53.0 Å². The third-order valence-corrected chi connectivity index (χ3v) is 4.69. The van der Waals surface area contributed by atoms with E-state index in [0.717, 1.165) is 21.3 Å². The number of fused-ring (bicyclic) bond motifs is 1. The van der Waals surface area contributed by atoms with Gasteiger partial charge in [-0.1, -0.05) is 46.3 Å². The lowest BCUT2D eigenvalue weighted by Crippen LogP contribution is -2.24. The molecule has 0 fully saturated rings. The number of aromatic nitrogens is 2. The third-order valence-electron chi connectivity index (χ3n) is 4.20. The summed E-state index contributed by atoms with van der Waals surface area (Å²) < 4.78 is 15.2. The lowest BCUT2D eigenvalue weighted by Gasteiger charge is -2.24. The molecule has 0 saturated heterocycles. The van der Waals surface area contributed by atoms with Gasteiger partial charge in [-0.25, -0.2) is 4.39 Å². The quantitative estimate of drug-likeness (QED) is 0.684. The Balaban J connectivity index is 1.91. The molecule has 6 heteroatoms. The molecule has 2 aromatic carbocycles. The van der Waals surface area contributed by atoms with Crippen LogP contribution in [0.2, 0.25) is 0 Å². The molecule has 24 heavy (non-hydrogen) atoms. The van der Waals surface area contributed by atoms with E-state index in [2.05, 4.69) is 31.4 Å². The van der Waals surface area contributed by atoms with Crippen molar-refractivity contribution in [2.75, 3.05) is 5.32 Å². The second-order valence-electron chi connectivity index (χ2n) is 5.70. The Morgan fingerprint density at radius 1 is 1.17 bits per heavy atom.